The maximum absolute atomic E-state index is 12.7. The van der Waals surface area contributed by atoms with Crippen LogP contribution < -0.4 is 20.7 Å². The number of halogens is 1. The highest BCUT2D eigenvalue weighted by Crippen LogP contribution is 2.23. The molecule has 11 heteroatoms. The van der Waals surface area contributed by atoms with Crippen LogP contribution in [0, 0.1) is 5.92 Å². The SMILES string of the molecule is NS(=O)(=O)c1ccc(NC(=O)C2CNC(=O)N(c3ccc(Cl)cc3)C2=O)cc1. The van der Waals surface area contributed by atoms with Crippen LogP contribution in [0.5, 0.6) is 0 Å². The van der Waals surface area contributed by atoms with Crippen LogP contribution in [0.25, 0.3) is 0 Å². The van der Waals surface area contributed by atoms with Crippen LogP contribution in [0.3, 0.4) is 0 Å². The van der Waals surface area contributed by atoms with Crippen LogP contribution in [0.1, 0.15) is 0 Å². The Morgan fingerprint density at radius 3 is 2.29 bits per heavy atom. The zero-order valence-corrected chi connectivity index (χ0v) is 15.8. The lowest BCUT2D eigenvalue weighted by Crippen LogP contribution is -2.58. The zero-order valence-electron chi connectivity index (χ0n) is 14.3. The maximum Gasteiger partial charge on any atom is 0.328 e. The second-order valence-electron chi connectivity index (χ2n) is 5.95. The molecular formula is C17H15ClN4O5S. The van der Waals surface area contributed by atoms with Crippen LogP contribution in [0.15, 0.2) is 53.4 Å². The minimum absolute atomic E-state index is 0.111. The van der Waals surface area contributed by atoms with Gasteiger partial charge in [-0.3, -0.25) is 9.59 Å². The Labute approximate surface area is 165 Å². The van der Waals surface area contributed by atoms with Gasteiger partial charge < -0.3 is 10.6 Å². The Kier molecular flexibility index (Phi) is 5.36. The number of carbonyl (C=O) groups is 3. The van der Waals surface area contributed by atoms with Crippen molar-refractivity contribution in [3.8, 4) is 0 Å². The summed E-state index contributed by atoms with van der Waals surface area (Å²) >= 11 is 5.82. The number of imide groups is 1. The Bertz CT molecular complexity index is 1040. The molecule has 0 aliphatic carbocycles. The predicted octanol–water partition coefficient (Wildman–Crippen LogP) is 1.30. The van der Waals surface area contributed by atoms with E-state index in [0.29, 0.717) is 5.02 Å². The van der Waals surface area contributed by atoms with Gasteiger partial charge in [-0.1, -0.05) is 11.6 Å². The zero-order chi connectivity index (χ0) is 20.5. The molecule has 0 aromatic heterocycles. The summed E-state index contributed by atoms with van der Waals surface area (Å²) in [7, 11) is -3.85. The van der Waals surface area contributed by atoms with Crippen LogP contribution >= 0.6 is 11.6 Å². The van der Waals surface area contributed by atoms with E-state index in [-0.39, 0.29) is 22.8 Å². The number of rotatable bonds is 4. The Morgan fingerprint density at radius 2 is 1.71 bits per heavy atom. The largest absolute Gasteiger partial charge is 0.336 e. The number of nitrogens with two attached hydrogens (primary N) is 1. The molecule has 0 bridgehead atoms. The van der Waals surface area contributed by atoms with Gasteiger partial charge in [0.2, 0.25) is 21.8 Å². The van der Waals surface area contributed by atoms with Crippen LogP contribution in [-0.2, 0) is 19.6 Å². The minimum Gasteiger partial charge on any atom is -0.336 e. The Hall–Kier alpha value is -2.95. The lowest BCUT2D eigenvalue weighted by Gasteiger charge is -2.30. The third-order valence-corrected chi connectivity index (χ3v) is 5.21. The molecule has 1 saturated heterocycles. The fourth-order valence-corrected chi connectivity index (χ4v) is 3.25. The summed E-state index contributed by atoms with van der Waals surface area (Å²) in [5.41, 5.74) is 0.557. The van der Waals surface area contributed by atoms with Gasteiger partial charge in [-0.2, -0.15) is 0 Å². The number of nitrogens with zero attached hydrogens (tertiary/aromatic N) is 1. The summed E-state index contributed by atoms with van der Waals surface area (Å²) in [6.07, 6.45) is 0. The summed E-state index contributed by atoms with van der Waals surface area (Å²) in [6.45, 7) is -0.164. The molecule has 4 N–H and O–H groups in total. The van der Waals surface area contributed by atoms with Crippen molar-refractivity contribution >= 4 is 50.8 Å². The van der Waals surface area contributed by atoms with Gasteiger partial charge >= 0.3 is 6.03 Å². The van der Waals surface area contributed by atoms with E-state index < -0.39 is 33.8 Å². The quantitative estimate of drug-likeness (QED) is 0.637. The van der Waals surface area contributed by atoms with E-state index in [1.54, 1.807) is 0 Å². The number of carbonyl (C=O) groups excluding carboxylic acids is 3. The molecule has 9 nitrogen and oxygen atoms in total. The van der Waals surface area contributed by atoms with Gasteiger partial charge in [-0.25, -0.2) is 23.3 Å². The molecular weight excluding hydrogens is 408 g/mol. The molecule has 2 aromatic carbocycles. The summed E-state index contributed by atoms with van der Waals surface area (Å²) in [5, 5.41) is 10.5. The lowest BCUT2D eigenvalue weighted by atomic mass is 10.0. The number of anilines is 2. The van der Waals surface area contributed by atoms with Crippen molar-refractivity contribution < 1.29 is 22.8 Å². The van der Waals surface area contributed by atoms with Crippen LogP contribution in [0.4, 0.5) is 16.2 Å². The van der Waals surface area contributed by atoms with Gasteiger partial charge in [0.15, 0.2) is 0 Å². The molecule has 1 unspecified atom stereocenters. The van der Waals surface area contributed by atoms with Crippen LogP contribution in [-0.4, -0.2) is 32.8 Å². The topological polar surface area (TPSA) is 139 Å². The standard InChI is InChI=1S/C17H15ClN4O5S/c18-10-1-5-12(6-2-10)22-16(24)14(9-20-17(22)25)15(23)21-11-3-7-13(8-4-11)28(19,26)27/h1-8,14H,9H2,(H,20,25)(H,21,23)(H2,19,26,27). The van der Waals surface area contributed by atoms with Gasteiger partial charge in [-0.05, 0) is 48.5 Å². The molecule has 1 aliphatic rings. The normalized spacial score (nSPS) is 17.2. The van der Waals surface area contributed by atoms with Crippen molar-refractivity contribution in [2.24, 2.45) is 11.1 Å². The first-order valence-corrected chi connectivity index (χ1v) is 9.90. The first-order chi connectivity index (χ1) is 13.2. The van der Waals surface area contributed by atoms with Crippen molar-refractivity contribution in [2.45, 2.75) is 4.90 Å². The van der Waals surface area contributed by atoms with Crippen molar-refractivity contribution in [3.05, 3.63) is 53.6 Å². The van der Waals surface area contributed by atoms with E-state index in [4.69, 9.17) is 16.7 Å². The highest BCUT2D eigenvalue weighted by molar-refractivity contribution is 7.89. The minimum atomic E-state index is -3.85. The summed E-state index contributed by atoms with van der Waals surface area (Å²) in [6, 6.07) is 10.5. The smallest absolute Gasteiger partial charge is 0.328 e. The third-order valence-electron chi connectivity index (χ3n) is 4.03. The molecule has 2 aromatic rings. The second-order valence-corrected chi connectivity index (χ2v) is 7.95. The van der Waals surface area contributed by atoms with E-state index >= 15 is 0 Å². The summed E-state index contributed by atoms with van der Waals surface area (Å²) in [5.74, 6) is -2.50. The molecule has 4 amide bonds. The average Bonchev–Trinajstić information content (AvgIpc) is 2.63. The second kappa shape index (κ2) is 7.58. The van der Waals surface area contributed by atoms with Crippen molar-refractivity contribution in [1.82, 2.24) is 5.32 Å². The molecule has 1 fully saturated rings. The number of urea groups is 1. The van der Waals surface area contributed by atoms with Gasteiger partial charge in [0.1, 0.15) is 5.92 Å². The highest BCUT2D eigenvalue weighted by atomic mass is 35.5. The van der Waals surface area contributed by atoms with E-state index in [0.717, 1.165) is 4.90 Å². The van der Waals surface area contributed by atoms with Crippen molar-refractivity contribution in [3.63, 3.8) is 0 Å². The Balaban J connectivity index is 1.77. The molecule has 28 heavy (non-hydrogen) atoms. The molecule has 1 heterocycles. The number of nitrogens with one attached hydrogen (secondary N) is 2. The van der Waals surface area contributed by atoms with Crippen LogP contribution in [0.2, 0.25) is 5.02 Å². The molecule has 0 spiro atoms. The maximum atomic E-state index is 12.7. The number of primary sulfonamides is 1. The first-order valence-electron chi connectivity index (χ1n) is 7.98. The van der Waals surface area contributed by atoms with E-state index in [1.807, 2.05) is 0 Å². The number of benzene rings is 2. The summed E-state index contributed by atoms with van der Waals surface area (Å²) < 4.78 is 22.5. The fraction of sp³-hybridized carbons (Fsp3) is 0.118. The van der Waals surface area contributed by atoms with Gasteiger partial charge in [-0.15, -0.1) is 0 Å². The average molecular weight is 423 g/mol. The van der Waals surface area contributed by atoms with E-state index in [2.05, 4.69) is 10.6 Å². The molecule has 1 atom stereocenters. The fourth-order valence-electron chi connectivity index (χ4n) is 2.61. The molecule has 0 saturated carbocycles. The number of amides is 4. The van der Waals surface area contributed by atoms with Gasteiger partial charge in [0.25, 0.3) is 0 Å². The van der Waals surface area contributed by atoms with Gasteiger partial charge in [0, 0.05) is 17.3 Å². The van der Waals surface area contributed by atoms with Gasteiger partial charge in [0.05, 0.1) is 10.6 Å². The molecule has 0 radical (unpaired) electrons. The summed E-state index contributed by atoms with van der Waals surface area (Å²) in [4.78, 5) is 38.1. The third kappa shape index (κ3) is 4.14. The Morgan fingerprint density at radius 1 is 1.11 bits per heavy atom. The predicted molar refractivity (Wildman–Crippen MR) is 102 cm³/mol. The first kappa shape index (κ1) is 19.8. The monoisotopic (exact) mass is 422 g/mol. The van der Waals surface area contributed by atoms with E-state index in [9.17, 15) is 22.8 Å². The highest BCUT2D eigenvalue weighted by Gasteiger charge is 2.39. The molecule has 3 rings (SSSR count). The number of hydrogen-bond donors (Lipinski definition) is 3. The van der Waals surface area contributed by atoms with Crippen molar-refractivity contribution in [1.29, 1.82) is 0 Å². The molecule has 1 aliphatic heterocycles. The molecule has 146 valence electrons. The van der Waals surface area contributed by atoms with Crippen molar-refractivity contribution in [2.75, 3.05) is 16.8 Å². The number of hydrogen-bond acceptors (Lipinski definition) is 5. The number of sulfonamides is 1. The lowest BCUT2D eigenvalue weighted by molar-refractivity contribution is -0.130. The van der Waals surface area contributed by atoms with E-state index in [1.165, 1.54) is 48.5 Å².